The molecule has 124 valence electrons. The first kappa shape index (κ1) is 15.1. The average molecular weight is 343 g/mol. The Morgan fingerprint density at radius 2 is 2.17 bits per heavy atom. The topological polar surface area (TPSA) is 75.5 Å². The third-order valence-corrected chi connectivity index (χ3v) is 5.52. The molecule has 0 saturated heterocycles. The van der Waals surface area contributed by atoms with Crippen molar-refractivity contribution in [2.24, 2.45) is 0 Å². The molecule has 1 fully saturated rings. The van der Waals surface area contributed by atoms with Crippen LogP contribution >= 0.6 is 11.3 Å². The van der Waals surface area contributed by atoms with Crippen LogP contribution in [0.4, 0.5) is 11.4 Å². The lowest BCUT2D eigenvalue weighted by Crippen LogP contribution is -2.30. The maximum absolute atomic E-state index is 12.1. The van der Waals surface area contributed by atoms with E-state index in [1.54, 1.807) is 23.5 Å². The first-order valence-corrected chi connectivity index (χ1v) is 8.89. The molecule has 1 saturated carbocycles. The molecular formula is C17H17N3O3S. The van der Waals surface area contributed by atoms with Crippen molar-refractivity contribution < 1.29 is 9.72 Å². The van der Waals surface area contributed by atoms with Crippen LogP contribution in [0, 0.1) is 10.1 Å². The summed E-state index contributed by atoms with van der Waals surface area (Å²) in [6.07, 6.45) is 2.87. The molecule has 1 aliphatic carbocycles. The van der Waals surface area contributed by atoms with Gasteiger partial charge in [0.15, 0.2) is 0 Å². The van der Waals surface area contributed by atoms with Gasteiger partial charge in [-0.3, -0.25) is 14.9 Å². The highest BCUT2D eigenvalue weighted by Gasteiger charge is 2.27. The Hall–Kier alpha value is -2.41. The summed E-state index contributed by atoms with van der Waals surface area (Å²) in [5.41, 5.74) is 2.17. The Morgan fingerprint density at radius 1 is 1.33 bits per heavy atom. The van der Waals surface area contributed by atoms with E-state index in [0.29, 0.717) is 17.8 Å². The molecule has 4 rings (SSSR count). The van der Waals surface area contributed by atoms with Gasteiger partial charge in [0.05, 0.1) is 4.92 Å². The largest absolute Gasteiger partial charge is 0.361 e. The van der Waals surface area contributed by atoms with E-state index in [4.69, 9.17) is 0 Å². The van der Waals surface area contributed by atoms with Crippen LogP contribution in [0.3, 0.4) is 0 Å². The third kappa shape index (κ3) is 2.87. The van der Waals surface area contributed by atoms with Crippen molar-refractivity contribution >= 4 is 28.6 Å². The molecule has 0 bridgehead atoms. The number of rotatable bonds is 4. The van der Waals surface area contributed by atoms with Crippen molar-refractivity contribution in [3.8, 4) is 0 Å². The maximum Gasteiger partial charge on any atom is 0.293 e. The minimum atomic E-state index is -0.396. The fraction of sp³-hybridized carbons (Fsp3) is 0.353. The lowest BCUT2D eigenvalue weighted by Gasteiger charge is -2.28. The minimum Gasteiger partial charge on any atom is -0.361 e. The monoisotopic (exact) mass is 343 g/mol. The highest BCUT2D eigenvalue weighted by Crippen LogP contribution is 2.34. The van der Waals surface area contributed by atoms with E-state index in [1.165, 1.54) is 16.5 Å². The predicted molar refractivity (Wildman–Crippen MR) is 92.7 cm³/mol. The van der Waals surface area contributed by atoms with Crippen molar-refractivity contribution in [1.82, 2.24) is 5.32 Å². The molecule has 2 aliphatic rings. The molecule has 0 radical (unpaired) electrons. The van der Waals surface area contributed by atoms with Crippen LogP contribution in [-0.4, -0.2) is 23.4 Å². The summed E-state index contributed by atoms with van der Waals surface area (Å²) in [4.78, 5) is 26.6. The Balaban J connectivity index is 1.63. The second-order valence-electron chi connectivity index (χ2n) is 6.25. The number of nitrogens with zero attached hydrogens (tertiary/aromatic N) is 2. The molecular weight excluding hydrogens is 326 g/mol. The zero-order valence-corrected chi connectivity index (χ0v) is 13.8. The minimum absolute atomic E-state index is 0.00266. The SMILES string of the molecule is O=C(NC1CC1)c1ccc(N2CCc3sccc3C2)c([N+](=O)[O-])c1. The van der Waals surface area contributed by atoms with Crippen molar-refractivity contribution in [2.45, 2.75) is 31.8 Å². The lowest BCUT2D eigenvalue weighted by atomic mass is 10.1. The summed E-state index contributed by atoms with van der Waals surface area (Å²) >= 11 is 1.74. The molecule has 1 aromatic carbocycles. The van der Waals surface area contributed by atoms with Crippen LogP contribution in [0.2, 0.25) is 0 Å². The smallest absolute Gasteiger partial charge is 0.293 e. The fourth-order valence-electron chi connectivity index (χ4n) is 3.03. The van der Waals surface area contributed by atoms with Gasteiger partial charge in [0, 0.05) is 35.6 Å². The molecule has 6 nitrogen and oxygen atoms in total. The van der Waals surface area contributed by atoms with Crippen LogP contribution in [0.5, 0.6) is 0 Å². The molecule has 1 aromatic heterocycles. The molecule has 1 N–H and O–H groups in total. The maximum atomic E-state index is 12.1. The summed E-state index contributed by atoms with van der Waals surface area (Å²) in [5.74, 6) is -0.231. The Labute approximate surface area is 143 Å². The standard InChI is InChI=1S/C17H17N3O3S/c21-17(18-13-2-3-13)11-1-4-14(15(9-11)20(22)23)19-7-5-16-12(10-19)6-8-24-16/h1,4,6,8-9,13H,2-3,5,7,10H2,(H,18,21). The molecule has 1 amide bonds. The van der Waals surface area contributed by atoms with E-state index in [2.05, 4.69) is 16.8 Å². The van der Waals surface area contributed by atoms with Crippen LogP contribution in [-0.2, 0) is 13.0 Å². The van der Waals surface area contributed by atoms with Gasteiger partial charge in [-0.2, -0.15) is 0 Å². The number of fused-ring (bicyclic) bond motifs is 1. The number of benzene rings is 1. The lowest BCUT2D eigenvalue weighted by molar-refractivity contribution is -0.384. The van der Waals surface area contributed by atoms with Crippen molar-refractivity contribution in [2.75, 3.05) is 11.4 Å². The molecule has 2 heterocycles. The second kappa shape index (κ2) is 5.90. The first-order valence-electron chi connectivity index (χ1n) is 8.01. The average Bonchev–Trinajstić information content (AvgIpc) is 3.27. The van der Waals surface area contributed by atoms with Gasteiger partial charge < -0.3 is 10.2 Å². The van der Waals surface area contributed by atoms with Gasteiger partial charge in [0.25, 0.3) is 11.6 Å². The Kier molecular flexibility index (Phi) is 3.72. The molecule has 1 aliphatic heterocycles. The number of carbonyl (C=O) groups excluding carboxylic acids is 1. The quantitative estimate of drug-likeness (QED) is 0.684. The highest BCUT2D eigenvalue weighted by atomic mass is 32.1. The van der Waals surface area contributed by atoms with E-state index in [-0.39, 0.29) is 17.6 Å². The predicted octanol–water partition coefficient (Wildman–Crippen LogP) is 3.11. The molecule has 7 heteroatoms. The first-order chi connectivity index (χ1) is 11.6. The van der Waals surface area contributed by atoms with Gasteiger partial charge in [-0.15, -0.1) is 11.3 Å². The Bertz CT molecular complexity index is 813. The van der Waals surface area contributed by atoms with Crippen molar-refractivity contribution in [3.63, 3.8) is 0 Å². The fourth-order valence-corrected chi connectivity index (χ4v) is 3.92. The van der Waals surface area contributed by atoms with E-state index in [1.807, 2.05) is 4.90 Å². The van der Waals surface area contributed by atoms with E-state index in [0.717, 1.165) is 25.8 Å². The van der Waals surface area contributed by atoms with E-state index >= 15 is 0 Å². The van der Waals surface area contributed by atoms with Gasteiger partial charge >= 0.3 is 0 Å². The molecule has 0 unspecified atom stereocenters. The number of amides is 1. The number of hydrogen-bond donors (Lipinski definition) is 1. The van der Waals surface area contributed by atoms with E-state index in [9.17, 15) is 14.9 Å². The number of hydrogen-bond acceptors (Lipinski definition) is 5. The van der Waals surface area contributed by atoms with Gasteiger partial charge in [0.2, 0.25) is 0 Å². The molecule has 0 atom stereocenters. The summed E-state index contributed by atoms with van der Waals surface area (Å²) in [7, 11) is 0. The van der Waals surface area contributed by atoms with Crippen molar-refractivity contribution in [1.29, 1.82) is 0 Å². The number of carbonyl (C=O) groups is 1. The van der Waals surface area contributed by atoms with Gasteiger partial charge in [-0.25, -0.2) is 0 Å². The summed E-state index contributed by atoms with van der Waals surface area (Å²) < 4.78 is 0. The molecule has 2 aromatic rings. The summed E-state index contributed by atoms with van der Waals surface area (Å²) in [5, 5.41) is 16.5. The zero-order chi connectivity index (χ0) is 16.7. The van der Waals surface area contributed by atoms with Crippen molar-refractivity contribution in [3.05, 3.63) is 55.8 Å². The van der Waals surface area contributed by atoms with Crippen LogP contribution in [0.15, 0.2) is 29.6 Å². The summed E-state index contributed by atoms with van der Waals surface area (Å²) in [6, 6.07) is 7.10. The van der Waals surface area contributed by atoms with Gasteiger partial charge in [-0.05, 0) is 48.4 Å². The van der Waals surface area contributed by atoms with Crippen LogP contribution in [0.1, 0.15) is 33.6 Å². The van der Waals surface area contributed by atoms with Gasteiger partial charge in [0.1, 0.15) is 5.69 Å². The number of anilines is 1. The number of thiophene rings is 1. The zero-order valence-electron chi connectivity index (χ0n) is 13.0. The number of nitro groups is 1. The number of nitrogens with one attached hydrogen (secondary N) is 1. The Morgan fingerprint density at radius 3 is 2.92 bits per heavy atom. The number of nitro benzene ring substituents is 1. The second-order valence-corrected chi connectivity index (χ2v) is 7.25. The van der Waals surface area contributed by atoms with Crippen LogP contribution < -0.4 is 10.2 Å². The van der Waals surface area contributed by atoms with Crippen LogP contribution in [0.25, 0.3) is 0 Å². The highest BCUT2D eigenvalue weighted by molar-refractivity contribution is 7.10. The summed E-state index contributed by atoms with van der Waals surface area (Å²) in [6.45, 7) is 1.43. The molecule has 24 heavy (non-hydrogen) atoms. The van der Waals surface area contributed by atoms with E-state index < -0.39 is 4.92 Å². The molecule has 0 spiro atoms. The third-order valence-electron chi connectivity index (χ3n) is 4.50. The normalized spacial score (nSPS) is 16.6. The van der Waals surface area contributed by atoms with Gasteiger partial charge in [-0.1, -0.05) is 0 Å².